The molecule has 0 saturated carbocycles. The maximum atomic E-state index is 13.5. The van der Waals surface area contributed by atoms with Crippen molar-refractivity contribution in [2.75, 3.05) is 5.32 Å². The fourth-order valence-corrected chi connectivity index (χ4v) is 1.72. The molecule has 3 nitrogen and oxygen atoms in total. The van der Waals surface area contributed by atoms with Gasteiger partial charge in [0.1, 0.15) is 12.0 Å². The Morgan fingerprint density at radius 2 is 2.00 bits per heavy atom. The molecular formula is C12H14Cl3FN2O. The van der Waals surface area contributed by atoms with Crippen molar-refractivity contribution < 1.29 is 9.18 Å². The van der Waals surface area contributed by atoms with Crippen molar-refractivity contribution in [3.05, 3.63) is 30.1 Å². The van der Waals surface area contributed by atoms with Crippen LogP contribution in [0.25, 0.3) is 0 Å². The summed E-state index contributed by atoms with van der Waals surface area (Å²) >= 11 is 17.3. The van der Waals surface area contributed by atoms with Crippen molar-refractivity contribution in [1.82, 2.24) is 5.32 Å². The first-order chi connectivity index (χ1) is 8.84. The largest absolute Gasteiger partial charge is 0.359 e. The average Bonchev–Trinajstić information content (AvgIpc) is 2.30. The van der Waals surface area contributed by atoms with Crippen LogP contribution in [-0.2, 0) is 4.79 Å². The molecule has 0 aromatic heterocycles. The first kappa shape index (κ1) is 16.3. The van der Waals surface area contributed by atoms with Gasteiger partial charge in [0, 0.05) is 6.42 Å². The monoisotopic (exact) mass is 326 g/mol. The van der Waals surface area contributed by atoms with Crippen LogP contribution in [-0.4, -0.2) is 15.9 Å². The molecule has 0 spiro atoms. The molecule has 0 aliphatic heterocycles. The lowest BCUT2D eigenvalue weighted by atomic mass is 10.3. The van der Waals surface area contributed by atoms with Gasteiger partial charge in [0.15, 0.2) is 0 Å². The predicted molar refractivity (Wildman–Crippen MR) is 77.2 cm³/mol. The molecule has 0 aliphatic carbocycles. The minimum absolute atomic E-state index is 0.149. The number of benzene rings is 1. The fourth-order valence-electron chi connectivity index (χ4n) is 1.39. The number of halogens is 4. The van der Waals surface area contributed by atoms with Gasteiger partial charge in [-0.05, 0) is 18.6 Å². The third-order valence-corrected chi connectivity index (χ3v) is 2.94. The van der Waals surface area contributed by atoms with Crippen LogP contribution in [0.15, 0.2) is 24.3 Å². The Kier molecular flexibility index (Phi) is 6.17. The number of anilines is 1. The summed E-state index contributed by atoms with van der Waals surface area (Å²) in [5.74, 6) is -0.769. The molecule has 2 N–H and O–H groups in total. The SMILES string of the molecule is CCCC(=O)NC(Nc1ccccc1F)C(Cl)(Cl)Cl. The zero-order valence-corrected chi connectivity index (χ0v) is 12.5. The molecule has 0 saturated heterocycles. The zero-order valence-electron chi connectivity index (χ0n) is 10.2. The minimum atomic E-state index is -1.80. The maximum Gasteiger partial charge on any atom is 0.228 e. The van der Waals surface area contributed by atoms with Crippen molar-refractivity contribution in [3.63, 3.8) is 0 Å². The van der Waals surface area contributed by atoms with E-state index in [4.69, 9.17) is 34.8 Å². The van der Waals surface area contributed by atoms with E-state index in [0.717, 1.165) is 0 Å². The van der Waals surface area contributed by atoms with E-state index in [0.29, 0.717) is 12.8 Å². The summed E-state index contributed by atoms with van der Waals surface area (Å²) in [6.45, 7) is 1.86. The van der Waals surface area contributed by atoms with Gasteiger partial charge in [-0.1, -0.05) is 53.9 Å². The van der Waals surface area contributed by atoms with Crippen LogP contribution in [0.2, 0.25) is 0 Å². The smallest absolute Gasteiger partial charge is 0.228 e. The normalized spacial score (nSPS) is 12.9. The number of nitrogens with one attached hydrogen (secondary N) is 2. The molecule has 1 aromatic carbocycles. The van der Waals surface area contributed by atoms with Crippen LogP contribution < -0.4 is 10.6 Å². The second kappa shape index (κ2) is 7.17. The Morgan fingerprint density at radius 1 is 1.37 bits per heavy atom. The summed E-state index contributed by atoms with van der Waals surface area (Å²) in [5, 5.41) is 5.19. The summed E-state index contributed by atoms with van der Waals surface area (Å²) in [6.07, 6.45) is -0.0534. The molecule has 0 radical (unpaired) electrons. The van der Waals surface area contributed by atoms with Crippen LogP contribution in [0.3, 0.4) is 0 Å². The third kappa shape index (κ3) is 5.43. The molecule has 1 rings (SSSR count). The Morgan fingerprint density at radius 3 is 2.53 bits per heavy atom. The predicted octanol–water partition coefficient (Wildman–Crippen LogP) is 3.85. The van der Waals surface area contributed by atoms with Gasteiger partial charge in [-0.3, -0.25) is 4.79 Å². The molecule has 1 unspecified atom stereocenters. The molecule has 0 fully saturated rings. The van der Waals surface area contributed by atoms with Crippen molar-refractivity contribution in [1.29, 1.82) is 0 Å². The second-order valence-corrected chi connectivity index (χ2v) is 6.29. The molecule has 1 atom stereocenters. The molecular weight excluding hydrogens is 314 g/mol. The Labute approximate surface area is 126 Å². The highest BCUT2D eigenvalue weighted by molar-refractivity contribution is 6.68. The highest BCUT2D eigenvalue weighted by Crippen LogP contribution is 2.31. The van der Waals surface area contributed by atoms with Gasteiger partial charge in [0.25, 0.3) is 0 Å². The Hall–Kier alpha value is -0.710. The molecule has 106 valence electrons. The van der Waals surface area contributed by atoms with E-state index in [1.54, 1.807) is 12.1 Å². The number of carbonyl (C=O) groups is 1. The quantitative estimate of drug-likeness (QED) is 0.637. The molecule has 0 bridgehead atoms. The Bertz CT molecular complexity index is 437. The van der Waals surface area contributed by atoms with Gasteiger partial charge in [0.2, 0.25) is 9.70 Å². The van der Waals surface area contributed by atoms with E-state index in [9.17, 15) is 9.18 Å². The van der Waals surface area contributed by atoms with Crippen molar-refractivity contribution in [2.24, 2.45) is 0 Å². The highest BCUT2D eigenvalue weighted by atomic mass is 35.6. The van der Waals surface area contributed by atoms with Crippen molar-refractivity contribution >= 4 is 46.4 Å². The lowest BCUT2D eigenvalue weighted by molar-refractivity contribution is -0.121. The van der Waals surface area contributed by atoms with Gasteiger partial charge in [-0.25, -0.2) is 4.39 Å². The number of hydrogen-bond acceptors (Lipinski definition) is 2. The molecule has 1 aromatic rings. The van der Waals surface area contributed by atoms with Crippen LogP contribution in [0.4, 0.5) is 10.1 Å². The first-order valence-electron chi connectivity index (χ1n) is 5.71. The van der Waals surface area contributed by atoms with E-state index < -0.39 is 15.8 Å². The average molecular weight is 328 g/mol. The van der Waals surface area contributed by atoms with Gasteiger partial charge in [0.05, 0.1) is 5.69 Å². The summed E-state index contributed by atoms with van der Waals surface area (Å²) in [7, 11) is 0. The van der Waals surface area contributed by atoms with Crippen molar-refractivity contribution in [2.45, 2.75) is 29.7 Å². The lowest BCUT2D eigenvalue weighted by Crippen LogP contribution is -2.49. The number of hydrogen-bond donors (Lipinski definition) is 2. The van der Waals surface area contributed by atoms with E-state index in [1.165, 1.54) is 12.1 Å². The standard InChI is InChI=1S/C12H14Cl3FN2O/c1-2-5-10(19)18-11(12(13,14)15)17-9-7-4-3-6-8(9)16/h3-4,6-7,11,17H,2,5H2,1H3,(H,18,19). The first-order valence-corrected chi connectivity index (χ1v) is 6.85. The molecule has 19 heavy (non-hydrogen) atoms. The van der Waals surface area contributed by atoms with Crippen LogP contribution in [0, 0.1) is 5.82 Å². The van der Waals surface area contributed by atoms with Gasteiger partial charge in [-0.15, -0.1) is 0 Å². The topological polar surface area (TPSA) is 41.1 Å². The van der Waals surface area contributed by atoms with E-state index >= 15 is 0 Å². The summed E-state index contributed by atoms with van der Waals surface area (Å²) in [5.41, 5.74) is 0.149. The molecule has 0 aliphatic rings. The van der Waals surface area contributed by atoms with E-state index in [2.05, 4.69) is 10.6 Å². The maximum absolute atomic E-state index is 13.5. The number of carbonyl (C=O) groups excluding carboxylic acids is 1. The third-order valence-electron chi connectivity index (χ3n) is 2.28. The number of rotatable bonds is 5. The van der Waals surface area contributed by atoms with Crippen LogP contribution >= 0.6 is 34.8 Å². The van der Waals surface area contributed by atoms with Crippen molar-refractivity contribution in [3.8, 4) is 0 Å². The minimum Gasteiger partial charge on any atom is -0.359 e. The highest BCUT2D eigenvalue weighted by Gasteiger charge is 2.34. The summed E-state index contributed by atoms with van der Waals surface area (Å²) in [4.78, 5) is 11.6. The summed E-state index contributed by atoms with van der Waals surface area (Å²) in [6, 6.07) is 5.94. The Balaban J connectivity index is 2.82. The van der Waals surface area contributed by atoms with Gasteiger partial charge < -0.3 is 10.6 Å². The zero-order chi connectivity index (χ0) is 14.5. The molecule has 1 amide bonds. The fraction of sp³-hybridized carbons (Fsp3) is 0.417. The number of alkyl halides is 3. The number of para-hydroxylation sites is 1. The second-order valence-electron chi connectivity index (χ2n) is 3.92. The van der Waals surface area contributed by atoms with Gasteiger partial charge >= 0.3 is 0 Å². The van der Waals surface area contributed by atoms with E-state index in [-0.39, 0.29) is 11.6 Å². The molecule has 0 heterocycles. The lowest BCUT2D eigenvalue weighted by Gasteiger charge is -2.27. The van der Waals surface area contributed by atoms with Crippen LogP contribution in [0.1, 0.15) is 19.8 Å². The molecule has 7 heteroatoms. The van der Waals surface area contributed by atoms with E-state index in [1.807, 2.05) is 6.92 Å². The van der Waals surface area contributed by atoms with Gasteiger partial charge in [-0.2, -0.15) is 0 Å². The summed E-state index contributed by atoms with van der Waals surface area (Å²) < 4.78 is 11.7. The van der Waals surface area contributed by atoms with Crippen LogP contribution in [0.5, 0.6) is 0 Å². The number of amides is 1.